The molecule has 0 fully saturated rings. The Bertz CT molecular complexity index is 84.0. The Hall–Kier alpha value is 0.755. The molecule has 0 radical (unpaired) electrons. The van der Waals surface area contributed by atoms with Gasteiger partial charge in [0, 0.05) is 5.33 Å². The molecule has 0 spiro atoms. The molecule has 2 N–H and O–H groups in total. The first-order valence-corrected chi connectivity index (χ1v) is 4.80. The Morgan fingerprint density at radius 3 is 2.40 bits per heavy atom. The Kier molecular flexibility index (Phi) is 6.95. The van der Waals surface area contributed by atoms with E-state index in [-0.39, 0.29) is 0 Å². The lowest BCUT2D eigenvalue weighted by Gasteiger charge is -2.05. The van der Waals surface area contributed by atoms with Gasteiger partial charge in [0.05, 0.1) is 5.28 Å². The molecule has 0 unspecified atom stereocenters. The van der Waals surface area contributed by atoms with Crippen molar-refractivity contribution in [2.45, 2.75) is 24.5 Å². The van der Waals surface area contributed by atoms with Crippen molar-refractivity contribution in [3.63, 3.8) is 0 Å². The fourth-order valence-electron chi connectivity index (χ4n) is 0.583. The van der Waals surface area contributed by atoms with Crippen molar-refractivity contribution in [3.8, 4) is 0 Å². The molecule has 0 aliphatic carbocycles. The van der Waals surface area contributed by atoms with E-state index in [0.29, 0.717) is 6.42 Å². The van der Waals surface area contributed by atoms with Crippen molar-refractivity contribution in [2.24, 2.45) is 0 Å². The molecule has 10 heavy (non-hydrogen) atoms. The van der Waals surface area contributed by atoms with Crippen LogP contribution in [0, 0.1) is 0 Å². The summed E-state index contributed by atoms with van der Waals surface area (Å²) in [5, 5.41) is 17.5. The number of alkyl halides is 2. The number of hydrogen-bond donors (Lipinski definition) is 2. The molecule has 0 rings (SSSR count). The molecule has 2 nitrogen and oxygen atoms in total. The second-order valence-electron chi connectivity index (χ2n) is 2.11. The Balaban J connectivity index is 3.13. The van der Waals surface area contributed by atoms with Gasteiger partial charge in [-0.2, -0.15) is 0 Å². The van der Waals surface area contributed by atoms with E-state index in [1.54, 1.807) is 0 Å². The van der Waals surface area contributed by atoms with Crippen molar-refractivity contribution in [2.75, 3.05) is 5.33 Å². The summed E-state index contributed by atoms with van der Waals surface area (Å²) < 4.78 is 0. The van der Waals surface area contributed by atoms with Crippen LogP contribution in [0.25, 0.3) is 0 Å². The van der Waals surface area contributed by atoms with Crippen LogP contribution in [0.3, 0.4) is 0 Å². The van der Waals surface area contributed by atoms with Crippen molar-refractivity contribution in [1.82, 2.24) is 0 Å². The largest absolute Gasteiger partial charge is 0.470 e. The van der Waals surface area contributed by atoms with Crippen LogP contribution >= 0.6 is 27.5 Å². The predicted molar refractivity (Wildman–Crippen MR) is 47.5 cm³/mol. The highest BCUT2D eigenvalue weighted by Gasteiger charge is 2.19. The summed E-state index contributed by atoms with van der Waals surface area (Å²) in [7, 11) is -1.38. The molecule has 0 aliphatic heterocycles. The van der Waals surface area contributed by atoms with Gasteiger partial charge in [0.25, 0.3) is 0 Å². The summed E-state index contributed by atoms with van der Waals surface area (Å²) in [6, 6.07) is 0. The summed E-state index contributed by atoms with van der Waals surface area (Å²) in [6.07, 6.45) is 2.61. The van der Waals surface area contributed by atoms with Crippen LogP contribution in [0.4, 0.5) is 0 Å². The lowest BCUT2D eigenvalue weighted by atomic mass is 9.83. The van der Waals surface area contributed by atoms with Gasteiger partial charge in [-0.3, -0.25) is 0 Å². The summed E-state index contributed by atoms with van der Waals surface area (Å²) in [5.74, 6) is 0. The maximum absolute atomic E-state index is 8.53. The van der Waals surface area contributed by atoms with E-state index in [1.165, 1.54) is 0 Å². The standard InChI is InChI=1S/C5H11BBrClO2/c7-4-2-1-3-5(8)6(9)10/h5,9-10H,1-4H2/t5-/m0/s1. The van der Waals surface area contributed by atoms with Gasteiger partial charge in [-0.15, -0.1) is 11.6 Å². The lowest BCUT2D eigenvalue weighted by molar-refractivity contribution is 0.397. The van der Waals surface area contributed by atoms with Crippen LogP contribution in [0.15, 0.2) is 0 Å². The maximum atomic E-state index is 8.53. The van der Waals surface area contributed by atoms with Crippen LogP contribution in [0.2, 0.25) is 0 Å². The van der Waals surface area contributed by atoms with E-state index in [0.717, 1.165) is 18.2 Å². The number of unbranched alkanes of at least 4 members (excludes halogenated alkanes) is 1. The van der Waals surface area contributed by atoms with Crippen molar-refractivity contribution in [1.29, 1.82) is 0 Å². The molecular weight excluding hydrogens is 218 g/mol. The zero-order valence-corrected chi connectivity index (χ0v) is 7.98. The second kappa shape index (κ2) is 6.46. The van der Waals surface area contributed by atoms with E-state index < -0.39 is 12.4 Å². The second-order valence-corrected chi connectivity index (χ2v) is 3.47. The van der Waals surface area contributed by atoms with Gasteiger partial charge in [0.15, 0.2) is 0 Å². The number of halogens is 2. The molecule has 5 heteroatoms. The molecule has 0 aromatic heterocycles. The third-order valence-electron chi connectivity index (χ3n) is 1.19. The monoisotopic (exact) mass is 228 g/mol. The summed E-state index contributed by atoms with van der Waals surface area (Å²) in [5.41, 5.74) is 0. The van der Waals surface area contributed by atoms with E-state index in [1.807, 2.05) is 0 Å². The molecule has 0 aliphatic rings. The van der Waals surface area contributed by atoms with E-state index >= 15 is 0 Å². The lowest BCUT2D eigenvalue weighted by Crippen LogP contribution is -2.25. The first-order valence-electron chi connectivity index (χ1n) is 3.24. The van der Waals surface area contributed by atoms with Crippen molar-refractivity contribution >= 4 is 34.6 Å². The van der Waals surface area contributed by atoms with Gasteiger partial charge in [0.1, 0.15) is 0 Å². The average molecular weight is 229 g/mol. The molecule has 0 bridgehead atoms. The van der Waals surface area contributed by atoms with E-state index in [4.69, 9.17) is 21.6 Å². The zero-order valence-electron chi connectivity index (χ0n) is 5.63. The number of hydrogen-bond acceptors (Lipinski definition) is 2. The minimum Gasteiger partial charge on any atom is -0.426 e. The van der Waals surface area contributed by atoms with Gasteiger partial charge in [-0.1, -0.05) is 22.4 Å². The molecule has 0 heterocycles. The Morgan fingerprint density at radius 2 is 2.00 bits per heavy atom. The van der Waals surface area contributed by atoms with Gasteiger partial charge < -0.3 is 10.0 Å². The van der Waals surface area contributed by atoms with Crippen LogP contribution in [-0.2, 0) is 0 Å². The SMILES string of the molecule is OB(O)[C@@H](Cl)CCCCBr. The zero-order chi connectivity index (χ0) is 7.98. The van der Waals surface area contributed by atoms with E-state index in [9.17, 15) is 0 Å². The summed E-state index contributed by atoms with van der Waals surface area (Å²) in [4.78, 5) is 0. The summed E-state index contributed by atoms with van der Waals surface area (Å²) >= 11 is 8.80. The maximum Gasteiger partial charge on any atom is 0.470 e. The molecule has 1 atom stereocenters. The molecule has 0 aromatic carbocycles. The van der Waals surface area contributed by atoms with Crippen LogP contribution in [0.5, 0.6) is 0 Å². The topological polar surface area (TPSA) is 40.5 Å². The average Bonchev–Trinajstić information content (AvgIpc) is 1.88. The molecule has 0 saturated carbocycles. The van der Waals surface area contributed by atoms with Gasteiger partial charge in [-0.25, -0.2) is 0 Å². The first kappa shape index (κ1) is 10.8. The van der Waals surface area contributed by atoms with Gasteiger partial charge >= 0.3 is 7.12 Å². The van der Waals surface area contributed by atoms with E-state index in [2.05, 4.69) is 15.9 Å². The quantitative estimate of drug-likeness (QED) is 0.422. The normalized spacial score (nSPS) is 13.2. The molecule has 0 saturated heterocycles. The minimum absolute atomic E-state index is 0.515. The fourth-order valence-corrected chi connectivity index (χ4v) is 1.13. The third kappa shape index (κ3) is 5.53. The van der Waals surface area contributed by atoms with Gasteiger partial charge in [0.2, 0.25) is 0 Å². The van der Waals surface area contributed by atoms with Crippen molar-refractivity contribution < 1.29 is 10.0 Å². The molecule has 0 amide bonds. The summed E-state index contributed by atoms with van der Waals surface area (Å²) in [6.45, 7) is 0. The number of rotatable bonds is 5. The molecule has 60 valence electrons. The smallest absolute Gasteiger partial charge is 0.426 e. The van der Waals surface area contributed by atoms with Crippen LogP contribution < -0.4 is 0 Å². The Labute approximate surface area is 74.9 Å². The van der Waals surface area contributed by atoms with Crippen LogP contribution in [-0.4, -0.2) is 27.8 Å². The van der Waals surface area contributed by atoms with Crippen LogP contribution in [0.1, 0.15) is 19.3 Å². The Morgan fingerprint density at radius 1 is 1.40 bits per heavy atom. The molecule has 0 aromatic rings. The fraction of sp³-hybridized carbons (Fsp3) is 1.00. The first-order chi connectivity index (χ1) is 4.68. The van der Waals surface area contributed by atoms with Gasteiger partial charge in [-0.05, 0) is 12.8 Å². The highest BCUT2D eigenvalue weighted by molar-refractivity contribution is 9.09. The predicted octanol–water partition coefficient (Wildman–Crippen LogP) is 1.17. The highest BCUT2D eigenvalue weighted by Crippen LogP contribution is 2.08. The third-order valence-corrected chi connectivity index (χ3v) is 2.19. The minimum atomic E-state index is -1.38. The highest BCUT2D eigenvalue weighted by atomic mass is 79.9. The van der Waals surface area contributed by atoms with Crippen molar-refractivity contribution in [3.05, 3.63) is 0 Å². The molecular formula is C5H11BBrClO2.